The van der Waals surface area contributed by atoms with Gasteiger partial charge in [-0.05, 0) is 6.07 Å². The van der Waals surface area contributed by atoms with E-state index in [1.54, 1.807) is 0 Å². The molecule has 0 spiro atoms. The number of urea groups is 1. The minimum atomic E-state index is -4.89. The maximum absolute atomic E-state index is 13.2. The van der Waals surface area contributed by atoms with E-state index in [1.165, 1.54) is 0 Å². The van der Waals surface area contributed by atoms with Gasteiger partial charge in [-0.15, -0.1) is 10.2 Å². The van der Waals surface area contributed by atoms with Gasteiger partial charge < -0.3 is 15.2 Å². The van der Waals surface area contributed by atoms with Crippen LogP contribution in [0.25, 0.3) is 0 Å². The number of nitrogens with two attached hydrogens (primary N) is 1. The number of halogens is 6. The largest absolute Gasteiger partial charge is 0.496 e. The minimum absolute atomic E-state index is 0.0766. The van der Waals surface area contributed by atoms with Crippen LogP contribution >= 0.6 is 11.3 Å². The fourth-order valence-corrected chi connectivity index (χ4v) is 2.75. The Morgan fingerprint density at radius 2 is 1.63 bits per heavy atom. The molecule has 2 amide bonds. The highest BCUT2D eigenvalue weighted by Crippen LogP contribution is 2.45. The number of nitrogens with zero attached hydrogens (tertiary/aromatic N) is 3. The summed E-state index contributed by atoms with van der Waals surface area (Å²) in [6.07, 6.45) is -9.76. The monoisotopic (exact) mass is 416 g/mol. The fraction of sp³-hybridized carbons (Fsp3) is 0.308. The number of alkyl halides is 6. The third-order valence-electron chi connectivity index (χ3n) is 3.12. The summed E-state index contributed by atoms with van der Waals surface area (Å²) in [7, 11) is 2.06. The highest BCUT2D eigenvalue weighted by Gasteiger charge is 2.39. The fourth-order valence-electron chi connectivity index (χ4n) is 2.01. The number of aromatic nitrogens is 2. The normalized spacial score (nSPS) is 12.0. The minimum Gasteiger partial charge on any atom is -0.496 e. The lowest BCUT2D eigenvalue weighted by Gasteiger charge is -2.22. The van der Waals surface area contributed by atoms with Crippen molar-refractivity contribution in [3.05, 3.63) is 22.7 Å². The van der Waals surface area contributed by atoms with Gasteiger partial charge in [-0.3, -0.25) is 0 Å². The molecule has 2 N–H and O–H groups in total. The highest BCUT2D eigenvalue weighted by atomic mass is 32.1. The second-order valence-corrected chi connectivity index (χ2v) is 5.74. The van der Waals surface area contributed by atoms with Gasteiger partial charge in [0.1, 0.15) is 11.5 Å². The van der Waals surface area contributed by atoms with E-state index in [-0.39, 0.29) is 17.1 Å². The second-order valence-electron chi connectivity index (χ2n) is 4.78. The number of amides is 2. The van der Waals surface area contributed by atoms with Gasteiger partial charge in [0.25, 0.3) is 0 Å². The van der Waals surface area contributed by atoms with Crippen LogP contribution in [-0.4, -0.2) is 30.4 Å². The van der Waals surface area contributed by atoms with Crippen molar-refractivity contribution in [1.29, 1.82) is 0 Å². The predicted molar refractivity (Wildman–Crippen MR) is 81.2 cm³/mol. The summed E-state index contributed by atoms with van der Waals surface area (Å²) in [5, 5.41) is 3.98. The number of anilines is 2. The first-order valence-corrected chi connectivity index (χ1v) is 7.55. The van der Waals surface area contributed by atoms with E-state index in [1.807, 2.05) is 0 Å². The molecule has 27 heavy (non-hydrogen) atoms. The molecule has 0 aliphatic rings. The van der Waals surface area contributed by atoms with Crippen LogP contribution in [0.1, 0.15) is 10.6 Å². The number of hydrogen-bond acceptors (Lipinski definition) is 6. The first-order chi connectivity index (χ1) is 12.4. The van der Waals surface area contributed by atoms with Gasteiger partial charge in [0.2, 0.25) is 10.1 Å². The lowest BCUT2D eigenvalue weighted by Crippen LogP contribution is -2.32. The lowest BCUT2D eigenvalue weighted by molar-refractivity contribution is -0.139. The number of primary amides is 1. The molecule has 0 fully saturated rings. The summed E-state index contributed by atoms with van der Waals surface area (Å²) < 4.78 is 87.5. The van der Waals surface area contributed by atoms with Gasteiger partial charge in [-0.2, -0.15) is 26.3 Å². The number of benzene rings is 1. The van der Waals surface area contributed by atoms with E-state index in [0.717, 1.165) is 20.3 Å². The smallest absolute Gasteiger partial charge is 0.445 e. The second kappa shape index (κ2) is 7.09. The third-order valence-corrected chi connectivity index (χ3v) is 4.07. The van der Waals surface area contributed by atoms with E-state index in [2.05, 4.69) is 14.9 Å². The van der Waals surface area contributed by atoms with Gasteiger partial charge in [-0.25, -0.2) is 9.69 Å². The summed E-state index contributed by atoms with van der Waals surface area (Å²) in [5.74, 6) is -0.942. The Hall–Kier alpha value is -2.77. The molecule has 0 atom stereocenters. The molecular weight excluding hydrogens is 406 g/mol. The summed E-state index contributed by atoms with van der Waals surface area (Å²) in [5.41, 5.74) is 3.27. The molecule has 1 aromatic heterocycles. The molecule has 0 bridgehead atoms. The Morgan fingerprint density at radius 3 is 2.04 bits per heavy atom. The first kappa shape index (κ1) is 20.5. The van der Waals surface area contributed by atoms with Crippen molar-refractivity contribution < 1.29 is 40.6 Å². The van der Waals surface area contributed by atoms with Crippen molar-refractivity contribution in [1.82, 2.24) is 10.2 Å². The molecule has 0 unspecified atom stereocenters. The van der Waals surface area contributed by atoms with Crippen LogP contribution in [0.5, 0.6) is 11.5 Å². The topological polar surface area (TPSA) is 90.6 Å². The van der Waals surface area contributed by atoms with E-state index in [4.69, 9.17) is 10.5 Å². The predicted octanol–water partition coefficient (Wildman–Crippen LogP) is 3.81. The SMILES string of the molecule is COc1cc(OC)c(C(F)(F)F)cc1N(C(N)=O)c1nnc(C(F)(F)F)s1. The molecule has 0 saturated carbocycles. The van der Waals surface area contributed by atoms with Crippen molar-refractivity contribution in [3.63, 3.8) is 0 Å². The van der Waals surface area contributed by atoms with Crippen molar-refractivity contribution in [3.8, 4) is 11.5 Å². The Labute approximate surface area is 151 Å². The van der Waals surface area contributed by atoms with Crippen LogP contribution in [-0.2, 0) is 12.4 Å². The van der Waals surface area contributed by atoms with Gasteiger partial charge in [0, 0.05) is 6.07 Å². The molecule has 1 heterocycles. The van der Waals surface area contributed by atoms with E-state index >= 15 is 0 Å². The molecule has 0 aliphatic heterocycles. The standard InChI is InChI=1S/C13H10F6N4O3S/c1-25-7-4-8(26-2)6(3-5(7)12(14,15)16)23(10(20)24)11-22-21-9(27-11)13(17,18)19/h3-4H,1-2H3,(H2,20,24). The number of ether oxygens (including phenoxy) is 2. The van der Waals surface area contributed by atoms with Crippen molar-refractivity contribution >= 4 is 28.2 Å². The van der Waals surface area contributed by atoms with E-state index < -0.39 is 45.5 Å². The quantitative estimate of drug-likeness (QED) is 0.766. The van der Waals surface area contributed by atoms with Crippen LogP contribution in [0.15, 0.2) is 12.1 Å². The third kappa shape index (κ3) is 4.15. The van der Waals surface area contributed by atoms with Gasteiger partial charge in [-0.1, -0.05) is 11.3 Å². The maximum atomic E-state index is 13.2. The van der Waals surface area contributed by atoms with Crippen LogP contribution in [0.2, 0.25) is 0 Å². The Kier molecular flexibility index (Phi) is 5.40. The van der Waals surface area contributed by atoms with Crippen LogP contribution in [0, 0.1) is 0 Å². The molecule has 2 aromatic rings. The van der Waals surface area contributed by atoms with Crippen molar-refractivity contribution in [2.75, 3.05) is 19.1 Å². The molecule has 14 heteroatoms. The van der Waals surface area contributed by atoms with E-state index in [0.29, 0.717) is 11.0 Å². The highest BCUT2D eigenvalue weighted by molar-refractivity contribution is 7.15. The first-order valence-electron chi connectivity index (χ1n) is 6.73. The lowest BCUT2D eigenvalue weighted by atomic mass is 10.1. The molecular formula is C13H10F6N4O3S. The number of carbonyl (C=O) groups is 1. The zero-order chi connectivity index (χ0) is 20.6. The van der Waals surface area contributed by atoms with Gasteiger partial charge in [0.05, 0.1) is 25.5 Å². The van der Waals surface area contributed by atoms with Gasteiger partial charge in [0.15, 0.2) is 0 Å². The molecule has 7 nitrogen and oxygen atoms in total. The summed E-state index contributed by atoms with van der Waals surface area (Å²) in [6.45, 7) is 0. The van der Waals surface area contributed by atoms with Crippen molar-refractivity contribution in [2.24, 2.45) is 5.73 Å². The summed E-state index contributed by atoms with van der Waals surface area (Å²) in [6, 6.07) is -0.117. The summed E-state index contributed by atoms with van der Waals surface area (Å²) in [4.78, 5) is 12.1. The Bertz CT molecular complexity index is 852. The van der Waals surface area contributed by atoms with Crippen LogP contribution in [0.4, 0.5) is 42.0 Å². The molecule has 2 rings (SSSR count). The van der Waals surface area contributed by atoms with Crippen molar-refractivity contribution in [2.45, 2.75) is 12.4 Å². The van der Waals surface area contributed by atoms with Crippen LogP contribution < -0.4 is 20.1 Å². The number of carbonyl (C=O) groups excluding carboxylic acids is 1. The molecule has 1 aromatic carbocycles. The average molecular weight is 416 g/mol. The number of methoxy groups -OCH3 is 2. The molecule has 148 valence electrons. The zero-order valence-electron chi connectivity index (χ0n) is 13.5. The van der Waals surface area contributed by atoms with Gasteiger partial charge >= 0.3 is 18.4 Å². The maximum Gasteiger partial charge on any atom is 0.445 e. The number of rotatable bonds is 4. The summed E-state index contributed by atoms with van der Waals surface area (Å²) >= 11 is -0.0766. The Balaban J connectivity index is 2.70. The average Bonchev–Trinajstić information content (AvgIpc) is 3.03. The van der Waals surface area contributed by atoms with E-state index in [9.17, 15) is 31.1 Å². The molecule has 0 saturated heterocycles. The van der Waals surface area contributed by atoms with Crippen LogP contribution in [0.3, 0.4) is 0 Å². The Morgan fingerprint density at radius 1 is 1.04 bits per heavy atom. The zero-order valence-corrected chi connectivity index (χ0v) is 14.3. The molecule has 0 aliphatic carbocycles. The molecule has 0 radical (unpaired) electrons. The number of hydrogen-bond donors (Lipinski definition) is 1.